The van der Waals surface area contributed by atoms with Crippen LogP contribution in [0.4, 0.5) is 5.95 Å². The summed E-state index contributed by atoms with van der Waals surface area (Å²) in [6, 6.07) is 8.26. The summed E-state index contributed by atoms with van der Waals surface area (Å²) in [6.45, 7) is 6.70. The molecule has 2 N–H and O–H groups in total. The lowest BCUT2D eigenvalue weighted by Crippen LogP contribution is -2.51. The van der Waals surface area contributed by atoms with Crippen molar-refractivity contribution >= 4 is 17.0 Å². The standard InChI is InChI=1S/C14H20N6/c1-11(10-15)19-6-8-20(9-7-19)14-16-12-4-2-3-5-13(12)17-18-14/h2-5,11H,6-10,15H2,1H3. The van der Waals surface area contributed by atoms with E-state index in [0.717, 1.165) is 43.2 Å². The summed E-state index contributed by atoms with van der Waals surface area (Å²) in [6.07, 6.45) is 0. The molecule has 2 aromatic rings. The number of benzene rings is 1. The zero-order valence-electron chi connectivity index (χ0n) is 11.7. The summed E-state index contributed by atoms with van der Waals surface area (Å²) in [7, 11) is 0. The molecule has 0 aliphatic carbocycles. The van der Waals surface area contributed by atoms with Crippen LogP contribution in [0.3, 0.4) is 0 Å². The first-order valence-electron chi connectivity index (χ1n) is 7.06. The number of hydrogen-bond acceptors (Lipinski definition) is 6. The molecule has 1 aromatic carbocycles. The largest absolute Gasteiger partial charge is 0.337 e. The second-order valence-corrected chi connectivity index (χ2v) is 5.21. The summed E-state index contributed by atoms with van der Waals surface area (Å²) in [4.78, 5) is 9.20. The van der Waals surface area contributed by atoms with E-state index in [9.17, 15) is 0 Å². The van der Waals surface area contributed by atoms with Crippen molar-refractivity contribution in [2.45, 2.75) is 13.0 Å². The Hall–Kier alpha value is -1.79. The second kappa shape index (κ2) is 5.68. The fourth-order valence-corrected chi connectivity index (χ4v) is 2.52. The number of piperazine rings is 1. The number of nitrogens with zero attached hydrogens (tertiary/aromatic N) is 5. The molecular formula is C14H20N6. The minimum absolute atomic E-state index is 0.438. The average Bonchev–Trinajstić information content (AvgIpc) is 2.54. The fraction of sp³-hybridized carbons (Fsp3) is 0.500. The third-order valence-electron chi connectivity index (χ3n) is 3.91. The van der Waals surface area contributed by atoms with Gasteiger partial charge in [-0.3, -0.25) is 4.90 Å². The zero-order valence-corrected chi connectivity index (χ0v) is 11.7. The van der Waals surface area contributed by atoms with Crippen LogP contribution in [0.5, 0.6) is 0 Å². The van der Waals surface area contributed by atoms with Gasteiger partial charge in [-0.05, 0) is 19.1 Å². The number of aromatic nitrogens is 3. The van der Waals surface area contributed by atoms with Gasteiger partial charge in [0.2, 0.25) is 5.95 Å². The van der Waals surface area contributed by atoms with Gasteiger partial charge in [0.25, 0.3) is 0 Å². The molecule has 1 aliphatic heterocycles. The van der Waals surface area contributed by atoms with Crippen LogP contribution in [0.15, 0.2) is 24.3 Å². The molecule has 6 heteroatoms. The van der Waals surface area contributed by atoms with Gasteiger partial charge in [0, 0.05) is 38.8 Å². The Morgan fingerprint density at radius 3 is 2.50 bits per heavy atom. The van der Waals surface area contributed by atoms with Crippen LogP contribution < -0.4 is 10.6 Å². The topological polar surface area (TPSA) is 71.2 Å². The first-order valence-corrected chi connectivity index (χ1v) is 7.06. The van der Waals surface area contributed by atoms with Crippen molar-refractivity contribution in [1.29, 1.82) is 0 Å². The van der Waals surface area contributed by atoms with Crippen LogP contribution in [0.25, 0.3) is 11.0 Å². The zero-order chi connectivity index (χ0) is 13.9. The Morgan fingerprint density at radius 1 is 1.10 bits per heavy atom. The smallest absolute Gasteiger partial charge is 0.246 e. The molecule has 1 unspecified atom stereocenters. The van der Waals surface area contributed by atoms with E-state index in [1.165, 1.54) is 0 Å². The highest BCUT2D eigenvalue weighted by molar-refractivity contribution is 5.74. The predicted molar refractivity (Wildman–Crippen MR) is 79.6 cm³/mol. The van der Waals surface area contributed by atoms with E-state index in [1.807, 2.05) is 24.3 Å². The molecule has 1 aliphatic rings. The first-order chi connectivity index (χ1) is 9.78. The average molecular weight is 272 g/mol. The highest BCUT2D eigenvalue weighted by Crippen LogP contribution is 2.15. The predicted octanol–water partition coefficient (Wildman–Crippen LogP) is 0.494. The van der Waals surface area contributed by atoms with Gasteiger partial charge in [-0.1, -0.05) is 12.1 Å². The van der Waals surface area contributed by atoms with Crippen molar-refractivity contribution in [2.75, 3.05) is 37.6 Å². The minimum Gasteiger partial charge on any atom is -0.337 e. The molecule has 1 atom stereocenters. The highest BCUT2D eigenvalue weighted by Gasteiger charge is 2.22. The van der Waals surface area contributed by atoms with Gasteiger partial charge in [0.05, 0.1) is 5.52 Å². The number of rotatable bonds is 3. The highest BCUT2D eigenvalue weighted by atomic mass is 15.4. The number of hydrogen-bond donors (Lipinski definition) is 1. The van der Waals surface area contributed by atoms with Gasteiger partial charge in [0.1, 0.15) is 5.52 Å². The van der Waals surface area contributed by atoms with E-state index in [4.69, 9.17) is 5.73 Å². The van der Waals surface area contributed by atoms with Crippen molar-refractivity contribution in [3.63, 3.8) is 0 Å². The molecule has 3 rings (SSSR count). The van der Waals surface area contributed by atoms with Crippen molar-refractivity contribution in [1.82, 2.24) is 20.1 Å². The van der Waals surface area contributed by atoms with Crippen LogP contribution in [0.1, 0.15) is 6.92 Å². The molecule has 1 saturated heterocycles. The summed E-state index contributed by atoms with van der Waals surface area (Å²) >= 11 is 0. The number of fused-ring (bicyclic) bond motifs is 1. The maximum atomic E-state index is 5.72. The van der Waals surface area contributed by atoms with Gasteiger partial charge in [-0.2, -0.15) is 0 Å². The van der Waals surface area contributed by atoms with Crippen LogP contribution in [0, 0.1) is 0 Å². The molecule has 0 radical (unpaired) electrons. The molecule has 0 amide bonds. The normalized spacial score (nSPS) is 18.4. The Balaban J connectivity index is 1.73. The summed E-state index contributed by atoms with van der Waals surface area (Å²) in [5, 5.41) is 8.48. The first kappa shape index (κ1) is 13.2. The van der Waals surface area contributed by atoms with E-state index >= 15 is 0 Å². The molecular weight excluding hydrogens is 252 g/mol. The third-order valence-corrected chi connectivity index (χ3v) is 3.91. The fourth-order valence-electron chi connectivity index (χ4n) is 2.52. The molecule has 20 heavy (non-hydrogen) atoms. The monoisotopic (exact) mass is 272 g/mol. The quantitative estimate of drug-likeness (QED) is 0.877. The lowest BCUT2D eigenvalue weighted by molar-refractivity contribution is 0.200. The second-order valence-electron chi connectivity index (χ2n) is 5.21. The number of nitrogens with two attached hydrogens (primary N) is 1. The maximum Gasteiger partial charge on any atom is 0.246 e. The van der Waals surface area contributed by atoms with Gasteiger partial charge < -0.3 is 10.6 Å². The van der Waals surface area contributed by atoms with Gasteiger partial charge in [-0.25, -0.2) is 4.98 Å². The van der Waals surface area contributed by atoms with E-state index in [-0.39, 0.29) is 0 Å². The van der Waals surface area contributed by atoms with Crippen molar-refractivity contribution < 1.29 is 0 Å². The van der Waals surface area contributed by atoms with Crippen LogP contribution in [0.2, 0.25) is 0 Å². The Morgan fingerprint density at radius 2 is 1.80 bits per heavy atom. The molecule has 0 saturated carbocycles. The Labute approximate surface area is 118 Å². The summed E-state index contributed by atoms with van der Waals surface area (Å²) in [5.41, 5.74) is 7.46. The van der Waals surface area contributed by atoms with E-state index in [2.05, 4.69) is 31.9 Å². The Bertz CT molecular complexity index is 579. The molecule has 1 fully saturated rings. The number of anilines is 1. The van der Waals surface area contributed by atoms with E-state index in [1.54, 1.807) is 0 Å². The molecule has 1 aromatic heterocycles. The van der Waals surface area contributed by atoms with Crippen LogP contribution in [-0.2, 0) is 0 Å². The van der Waals surface area contributed by atoms with Crippen molar-refractivity contribution in [3.05, 3.63) is 24.3 Å². The SMILES string of the molecule is CC(CN)N1CCN(c2nnc3ccccc3n2)CC1. The lowest BCUT2D eigenvalue weighted by Gasteiger charge is -2.37. The molecule has 106 valence electrons. The maximum absolute atomic E-state index is 5.72. The lowest BCUT2D eigenvalue weighted by atomic mass is 10.2. The molecule has 0 spiro atoms. The molecule has 0 bridgehead atoms. The third kappa shape index (κ3) is 2.57. The van der Waals surface area contributed by atoms with Gasteiger partial charge >= 0.3 is 0 Å². The Kier molecular flexibility index (Phi) is 3.75. The molecule has 6 nitrogen and oxygen atoms in total. The molecule has 2 heterocycles. The summed E-state index contributed by atoms with van der Waals surface area (Å²) in [5.74, 6) is 0.726. The van der Waals surface area contributed by atoms with E-state index in [0.29, 0.717) is 12.6 Å². The van der Waals surface area contributed by atoms with Crippen LogP contribution >= 0.6 is 0 Å². The van der Waals surface area contributed by atoms with Gasteiger partial charge in [0.15, 0.2) is 0 Å². The van der Waals surface area contributed by atoms with Crippen molar-refractivity contribution in [2.24, 2.45) is 5.73 Å². The minimum atomic E-state index is 0.438. The van der Waals surface area contributed by atoms with Crippen LogP contribution in [-0.4, -0.2) is 58.8 Å². The van der Waals surface area contributed by atoms with Gasteiger partial charge in [-0.15, -0.1) is 10.2 Å². The van der Waals surface area contributed by atoms with Crippen molar-refractivity contribution in [3.8, 4) is 0 Å². The number of para-hydroxylation sites is 1. The van der Waals surface area contributed by atoms with E-state index < -0.39 is 0 Å². The summed E-state index contributed by atoms with van der Waals surface area (Å²) < 4.78 is 0.